The van der Waals surface area contributed by atoms with Crippen molar-refractivity contribution in [2.45, 2.75) is 46.1 Å². The lowest BCUT2D eigenvalue weighted by molar-refractivity contribution is 0.0916. The lowest BCUT2D eigenvalue weighted by atomic mass is 9.94. The molecule has 0 aliphatic heterocycles. The van der Waals surface area contributed by atoms with Crippen molar-refractivity contribution >= 4 is 5.78 Å². The van der Waals surface area contributed by atoms with Gasteiger partial charge in [0.1, 0.15) is 11.3 Å². The van der Waals surface area contributed by atoms with Crippen LogP contribution in [-0.2, 0) is 6.54 Å². The number of aromatic nitrogens is 1. The van der Waals surface area contributed by atoms with Gasteiger partial charge in [0.2, 0.25) is 11.6 Å². The highest BCUT2D eigenvalue weighted by Crippen LogP contribution is 2.37. The van der Waals surface area contributed by atoms with Gasteiger partial charge in [0.25, 0.3) is 5.56 Å². The number of rotatable bonds is 10. The standard InChI is InChI=1S/C22H29NO6/c1-5-6-7-8-14(2)18(24)17-19(25)20(29-4)22(27)23(21(17)26)13-15-9-11-16(28-3)12-10-15/h9-12,14,25,27H,5-8,13H2,1-4H3. The Hall–Kier alpha value is -2.96. The van der Waals surface area contributed by atoms with E-state index in [1.54, 1.807) is 38.3 Å². The Balaban J connectivity index is 2.47. The quantitative estimate of drug-likeness (QED) is 0.463. The molecular formula is C22H29NO6. The predicted molar refractivity (Wildman–Crippen MR) is 110 cm³/mol. The first-order chi connectivity index (χ1) is 13.8. The van der Waals surface area contributed by atoms with Gasteiger partial charge < -0.3 is 19.7 Å². The van der Waals surface area contributed by atoms with Crippen molar-refractivity contribution < 1.29 is 24.5 Å². The summed E-state index contributed by atoms with van der Waals surface area (Å²) in [6, 6.07) is 6.96. The fourth-order valence-electron chi connectivity index (χ4n) is 3.22. The van der Waals surface area contributed by atoms with Crippen LogP contribution in [0.5, 0.6) is 23.1 Å². The molecule has 1 atom stereocenters. The second kappa shape index (κ2) is 10.0. The summed E-state index contributed by atoms with van der Waals surface area (Å²) in [6.45, 7) is 3.82. The van der Waals surface area contributed by atoms with Gasteiger partial charge in [-0.1, -0.05) is 45.2 Å². The molecule has 1 aromatic carbocycles. The summed E-state index contributed by atoms with van der Waals surface area (Å²) in [5.74, 6) is -1.66. The number of benzene rings is 1. The molecule has 1 aromatic heterocycles. The molecule has 29 heavy (non-hydrogen) atoms. The number of hydrogen-bond acceptors (Lipinski definition) is 6. The zero-order valence-electron chi connectivity index (χ0n) is 17.4. The number of unbranched alkanes of at least 4 members (excludes halogenated alkanes) is 2. The summed E-state index contributed by atoms with van der Waals surface area (Å²) in [7, 11) is 2.81. The van der Waals surface area contributed by atoms with Crippen molar-refractivity contribution in [2.24, 2.45) is 5.92 Å². The van der Waals surface area contributed by atoms with E-state index in [1.165, 1.54) is 7.11 Å². The maximum atomic E-state index is 13.0. The van der Waals surface area contributed by atoms with E-state index in [-0.39, 0.29) is 17.9 Å². The van der Waals surface area contributed by atoms with Crippen LogP contribution in [0.2, 0.25) is 0 Å². The molecule has 0 fully saturated rings. The molecule has 7 heteroatoms. The lowest BCUT2D eigenvalue weighted by Gasteiger charge is -2.17. The number of ketones is 1. The molecule has 0 amide bonds. The molecule has 1 heterocycles. The van der Waals surface area contributed by atoms with Crippen LogP contribution in [0.25, 0.3) is 0 Å². The zero-order chi connectivity index (χ0) is 21.6. The lowest BCUT2D eigenvalue weighted by Crippen LogP contribution is -2.29. The van der Waals surface area contributed by atoms with E-state index in [4.69, 9.17) is 9.47 Å². The van der Waals surface area contributed by atoms with Crippen LogP contribution in [0.4, 0.5) is 0 Å². The molecule has 158 valence electrons. The molecule has 1 unspecified atom stereocenters. The maximum absolute atomic E-state index is 13.0. The first-order valence-electron chi connectivity index (χ1n) is 9.75. The minimum atomic E-state index is -0.746. The molecule has 0 aliphatic carbocycles. The van der Waals surface area contributed by atoms with E-state index in [2.05, 4.69) is 6.92 Å². The topological polar surface area (TPSA) is 98.0 Å². The van der Waals surface area contributed by atoms with Crippen molar-refractivity contribution in [3.8, 4) is 23.1 Å². The predicted octanol–water partition coefficient (Wildman–Crippen LogP) is 3.72. The summed E-state index contributed by atoms with van der Waals surface area (Å²) in [6.07, 6.45) is 3.49. The van der Waals surface area contributed by atoms with Gasteiger partial charge in [-0.15, -0.1) is 0 Å². The largest absolute Gasteiger partial charge is 0.503 e. The molecule has 2 aromatic rings. The van der Waals surface area contributed by atoms with Gasteiger partial charge in [-0.3, -0.25) is 14.2 Å². The first kappa shape index (κ1) is 22.3. The Labute approximate surface area is 170 Å². The molecule has 0 radical (unpaired) electrons. The fraction of sp³-hybridized carbons (Fsp3) is 0.455. The third kappa shape index (κ3) is 4.91. The number of pyridine rings is 1. The highest BCUT2D eigenvalue weighted by Gasteiger charge is 2.29. The van der Waals surface area contributed by atoms with Crippen LogP contribution in [0.15, 0.2) is 29.1 Å². The van der Waals surface area contributed by atoms with Gasteiger partial charge in [0.15, 0.2) is 11.5 Å². The Morgan fingerprint density at radius 3 is 2.31 bits per heavy atom. The summed E-state index contributed by atoms with van der Waals surface area (Å²) >= 11 is 0. The third-order valence-electron chi connectivity index (χ3n) is 5.01. The van der Waals surface area contributed by atoms with Gasteiger partial charge in [-0.05, 0) is 24.1 Å². The average molecular weight is 403 g/mol. The Morgan fingerprint density at radius 2 is 1.76 bits per heavy atom. The highest BCUT2D eigenvalue weighted by atomic mass is 16.5. The molecule has 2 rings (SSSR count). The summed E-state index contributed by atoms with van der Waals surface area (Å²) in [5, 5.41) is 20.9. The van der Waals surface area contributed by atoms with E-state index >= 15 is 0 Å². The second-order valence-corrected chi connectivity index (χ2v) is 7.08. The SMILES string of the molecule is CCCCCC(C)C(=O)c1c(O)c(OC)c(O)n(Cc2ccc(OC)cc2)c1=O. The van der Waals surface area contributed by atoms with Crippen LogP contribution in [0, 0.1) is 5.92 Å². The van der Waals surface area contributed by atoms with Gasteiger partial charge >= 0.3 is 0 Å². The molecule has 7 nitrogen and oxygen atoms in total. The van der Waals surface area contributed by atoms with Crippen LogP contribution < -0.4 is 15.0 Å². The van der Waals surface area contributed by atoms with Gasteiger partial charge in [0, 0.05) is 5.92 Å². The van der Waals surface area contributed by atoms with Crippen LogP contribution in [0.1, 0.15) is 55.5 Å². The molecule has 0 spiro atoms. The Kier molecular flexibility index (Phi) is 7.70. The van der Waals surface area contributed by atoms with Gasteiger partial charge in [0.05, 0.1) is 20.8 Å². The molecule has 0 aliphatic rings. The maximum Gasteiger partial charge on any atom is 0.268 e. The van der Waals surface area contributed by atoms with Crippen molar-refractivity contribution in [1.82, 2.24) is 4.57 Å². The Morgan fingerprint density at radius 1 is 1.10 bits per heavy atom. The van der Waals surface area contributed by atoms with E-state index in [9.17, 15) is 19.8 Å². The number of carbonyl (C=O) groups excluding carboxylic acids is 1. The van der Waals surface area contributed by atoms with E-state index < -0.39 is 28.9 Å². The van der Waals surface area contributed by atoms with Crippen molar-refractivity contribution in [3.05, 3.63) is 45.7 Å². The number of methoxy groups -OCH3 is 2. The zero-order valence-corrected chi connectivity index (χ0v) is 17.4. The van der Waals surface area contributed by atoms with Crippen molar-refractivity contribution in [1.29, 1.82) is 0 Å². The fourth-order valence-corrected chi connectivity index (χ4v) is 3.22. The van der Waals surface area contributed by atoms with Gasteiger partial charge in [-0.2, -0.15) is 0 Å². The minimum absolute atomic E-state index is 0.00972. The average Bonchev–Trinajstić information content (AvgIpc) is 2.72. The number of Topliss-reactive ketones (excluding diaryl/α,β-unsaturated/α-hetero) is 1. The molecule has 0 saturated carbocycles. The number of nitrogens with zero attached hydrogens (tertiary/aromatic N) is 1. The number of aromatic hydroxyl groups is 2. The highest BCUT2D eigenvalue weighted by molar-refractivity contribution is 6.00. The third-order valence-corrected chi connectivity index (χ3v) is 5.01. The van der Waals surface area contributed by atoms with Crippen molar-refractivity contribution in [3.63, 3.8) is 0 Å². The summed E-state index contributed by atoms with van der Waals surface area (Å²) in [5.41, 5.74) is -0.383. The van der Waals surface area contributed by atoms with Crippen LogP contribution in [-0.4, -0.2) is 34.8 Å². The van der Waals surface area contributed by atoms with Crippen molar-refractivity contribution in [2.75, 3.05) is 14.2 Å². The van der Waals surface area contributed by atoms with E-state index in [1.807, 2.05) is 0 Å². The number of carbonyl (C=O) groups is 1. The Bertz CT molecular complexity index is 901. The monoisotopic (exact) mass is 403 g/mol. The number of ether oxygens (including phenoxy) is 2. The molecule has 2 N–H and O–H groups in total. The second-order valence-electron chi connectivity index (χ2n) is 7.08. The summed E-state index contributed by atoms with van der Waals surface area (Å²) in [4.78, 5) is 25.9. The van der Waals surface area contributed by atoms with E-state index in [0.717, 1.165) is 23.8 Å². The molecule has 0 bridgehead atoms. The molecule has 0 saturated heterocycles. The molecular weight excluding hydrogens is 374 g/mol. The van der Waals surface area contributed by atoms with E-state index in [0.29, 0.717) is 17.7 Å². The van der Waals surface area contributed by atoms with Crippen LogP contribution >= 0.6 is 0 Å². The van der Waals surface area contributed by atoms with Gasteiger partial charge in [-0.25, -0.2) is 0 Å². The minimum Gasteiger partial charge on any atom is -0.503 e. The van der Waals surface area contributed by atoms with Crippen LogP contribution in [0.3, 0.4) is 0 Å². The smallest absolute Gasteiger partial charge is 0.268 e. The normalized spacial score (nSPS) is 11.9. The number of hydrogen-bond donors (Lipinski definition) is 2. The summed E-state index contributed by atoms with van der Waals surface area (Å²) < 4.78 is 11.2. The first-order valence-corrected chi connectivity index (χ1v) is 9.75.